The average Bonchev–Trinajstić information content (AvgIpc) is 3.39. The van der Waals surface area contributed by atoms with E-state index in [2.05, 4.69) is 15.6 Å². The quantitative estimate of drug-likeness (QED) is 0.601. The Balaban J connectivity index is 1.26. The number of fused-ring (bicyclic) bond motifs is 2. The molecule has 166 valence electrons. The van der Waals surface area contributed by atoms with Crippen molar-refractivity contribution in [2.75, 3.05) is 24.0 Å². The van der Waals surface area contributed by atoms with Gasteiger partial charge < -0.3 is 14.8 Å². The molecule has 11 heteroatoms. The van der Waals surface area contributed by atoms with Crippen molar-refractivity contribution in [2.45, 2.75) is 24.8 Å². The lowest BCUT2D eigenvalue weighted by atomic mass is 10.2. The number of aryl methyl sites for hydroxylation is 1. The molecular formula is C21H20N4O5S2. The highest BCUT2D eigenvalue weighted by Gasteiger charge is 2.30. The monoisotopic (exact) mass is 472 g/mol. The molecule has 0 aliphatic carbocycles. The largest absolute Gasteiger partial charge is 0.454 e. The number of carbonyl (C=O) groups is 1. The first kappa shape index (κ1) is 20.7. The number of urea groups is 1. The number of anilines is 2. The predicted octanol–water partition coefficient (Wildman–Crippen LogP) is 3.57. The fraction of sp³-hybridized carbons (Fsp3) is 0.238. The van der Waals surface area contributed by atoms with E-state index in [-0.39, 0.29) is 18.2 Å². The fourth-order valence-corrected chi connectivity index (χ4v) is 6.03. The summed E-state index contributed by atoms with van der Waals surface area (Å²) in [4.78, 5) is 18.0. The second-order valence-electron chi connectivity index (χ2n) is 7.44. The number of benzene rings is 2. The Morgan fingerprint density at radius 3 is 2.69 bits per heavy atom. The zero-order valence-electron chi connectivity index (χ0n) is 17.1. The van der Waals surface area contributed by atoms with Gasteiger partial charge in [-0.15, -0.1) is 0 Å². The first-order chi connectivity index (χ1) is 15.4. The van der Waals surface area contributed by atoms with Crippen LogP contribution in [0.4, 0.5) is 15.6 Å². The molecule has 2 amide bonds. The highest BCUT2D eigenvalue weighted by atomic mass is 32.2. The minimum Gasteiger partial charge on any atom is -0.454 e. The number of amides is 2. The molecule has 0 saturated carbocycles. The van der Waals surface area contributed by atoms with Gasteiger partial charge in [-0.1, -0.05) is 29.0 Å². The molecule has 0 fully saturated rings. The van der Waals surface area contributed by atoms with Crippen molar-refractivity contribution in [3.05, 3.63) is 58.6 Å². The van der Waals surface area contributed by atoms with Crippen molar-refractivity contribution in [3.8, 4) is 11.5 Å². The van der Waals surface area contributed by atoms with Gasteiger partial charge in [-0.2, -0.15) is 4.31 Å². The van der Waals surface area contributed by atoms with E-state index in [0.29, 0.717) is 35.3 Å². The SMILES string of the molecule is Cc1ccc(S(=O)(=O)N2CCc3nc(NC(=O)Nc4ccc5c(c4)OCO5)sc3C2)cc1. The van der Waals surface area contributed by atoms with Crippen LogP contribution < -0.4 is 20.1 Å². The topological polar surface area (TPSA) is 110 Å². The van der Waals surface area contributed by atoms with Gasteiger partial charge in [-0.3, -0.25) is 5.32 Å². The van der Waals surface area contributed by atoms with E-state index in [0.717, 1.165) is 16.1 Å². The van der Waals surface area contributed by atoms with E-state index in [1.807, 2.05) is 6.92 Å². The van der Waals surface area contributed by atoms with Crippen LogP contribution in [0.1, 0.15) is 16.1 Å². The van der Waals surface area contributed by atoms with Crippen molar-refractivity contribution in [1.82, 2.24) is 9.29 Å². The van der Waals surface area contributed by atoms with Gasteiger partial charge in [-0.25, -0.2) is 18.2 Å². The third-order valence-electron chi connectivity index (χ3n) is 5.21. The van der Waals surface area contributed by atoms with Gasteiger partial charge in [-0.05, 0) is 31.2 Å². The molecule has 0 saturated heterocycles. The number of thiazole rings is 1. The van der Waals surface area contributed by atoms with E-state index in [1.165, 1.54) is 15.6 Å². The van der Waals surface area contributed by atoms with Crippen LogP contribution in [-0.2, 0) is 23.0 Å². The summed E-state index contributed by atoms with van der Waals surface area (Å²) in [6.07, 6.45) is 0.488. The minimum absolute atomic E-state index is 0.159. The van der Waals surface area contributed by atoms with Gasteiger partial charge in [0.25, 0.3) is 0 Å². The molecule has 2 N–H and O–H groups in total. The first-order valence-electron chi connectivity index (χ1n) is 9.91. The summed E-state index contributed by atoms with van der Waals surface area (Å²) < 4.78 is 38.0. The number of hydrogen-bond acceptors (Lipinski definition) is 7. The number of rotatable bonds is 4. The van der Waals surface area contributed by atoms with E-state index in [4.69, 9.17) is 9.47 Å². The van der Waals surface area contributed by atoms with E-state index < -0.39 is 16.1 Å². The third-order valence-corrected chi connectivity index (χ3v) is 8.06. The molecule has 32 heavy (non-hydrogen) atoms. The number of carbonyl (C=O) groups excluding carboxylic acids is 1. The van der Waals surface area contributed by atoms with Crippen molar-refractivity contribution in [2.24, 2.45) is 0 Å². The summed E-state index contributed by atoms with van der Waals surface area (Å²) >= 11 is 1.28. The molecule has 0 spiro atoms. The molecule has 5 rings (SSSR count). The highest BCUT2D eigenvalue weighted by molar-refractivity contribution is 7.89. The molecule has 2 aromatic carbocycles. The molecule has 1 aromatic heterocycles. The lowest BCUT2D eigenvalue weighted by Gasteiger charge is -2.25. The Hall–Kier alpha value is -3.15. The first-order valence-corrected chi connectivity index (χ1v) is 12.2. The van der Waals surface area contributed by atoms with Crippen molar-refractivity contribution >= 4 is 38.2 Å². The minimum atomic E-state index is -3.59. The molecule has 3 aromatic rings. The molecule has 2 aliphatic rings. The van der Waals surface area contributed by atoms with Gasteiger partial charge in [0, 0.05) is 29.6 Å². The van der Waals surface area contributed by atoms with Crippen LogP contribution in [0.15, 0.2) is 47.4 Å². The lowest BCUT2D eigenvalue weighted by molar-refractivity contribution is 0.174. The van der Waals surface area contributed by atoms with Gasteiger partial charge in [0.15, 0.2) is 16.6 Å². The van der Waals surface area contributed by atoms with Gasteiger partial charge in [0.2, 0.25) is 16.8 Å². The number of ether oxygens (including phenoxy) is 2. The summed E-state index contributed by atoms with van der Waals surface area (Å²) in [6.45, 7) is 2.65. The standard InChI is InChI=1S/C21H20N4O5S2/c1-13-2-5-15(6-3-13)32(27,28)25-9-8-16-19(11-25)31-21(23-16)24-20(26)22-14-4-7-17-18(10-14)30-12-29-17/h2-7,10H,8-9,11-12H2,1H3,(H2,22,23,24,26). The Kier molecular flexibility index (Phi) is 5.24. The van der Waals surface area contributed by atoms with Gasteiger partial charge in [0.05, 0.1) is 17.1 Å². The van der Waals surface area contributed by atoms with Crippen LogP contribution >= 0.6 is 11.3 Å². The van der Waals surface area contributed by atoms with Crippen LogP contribution in [0.2, 0.25) is 0 Å². The lowest BCUT2D eigenvalue weighted by Crippen LogP contribution is -2.35. The van der Waals surface area contributed by atoms with Crippen molar-refractivity contribution in [1.29, 1.82) is 0 Å². The molecular weight excluding hydrogens is 452 g/mol. The average molecular weight is 473 g/mol. The number of nitrogens with zero attached hydrogens (tertiary/aromatic N) is 2. The summed E-state index contributed by atoms with van der Waals surface area (Å²) in [5, 5.41) is 5.88. The molecule has 0 radical (unpaired) electrons. The Morgan fingerprint density at radius 2 is 1.88 bits per heavy atom. The number of nitrogens with one attached hydrogen (secondary N) is 2. The Labute approximate surface area is 189 Å². The van der Waals surface area contributed by atoms with E-state index >= 15 is 0 Å². The molecule has 3 heterocycles. The fourth-order valence-electron chi connectivity index (χ4n) is 3.52. The van der Waals surface area contributed by atoms with Crippen LogP contribution in [0.3, 0.4) is 0 Å². The zero-order valence-corrected chi connectivity index (χ0v) is 18.8. The van der Waals surface area contributed by atoms with Gasteiger partial charge >= 0.3 is 6.03 Å². The van der Waals surface area contributed by atoms with Gasteiger partial charge in [0.1, 0.15) is 0 Å². The van der Waals surface area contributed by atoms with E-state index in [9.17, 15) is 13.2 Å². The summed E-state index contributed by atoms with van der Waals surface area (Å²) in [5.74, 6) is 1.20. The van der Waals surface area contributed by atoms with Crippen LogP contribution in [0.25, 0.3) is 0 Å². The van der Waals surface area contributed by atoms with E-state index in [1.54, 1.807) is 42.5 Å². The molecule has 0 unspecified atom stereocenters. The third kappa shape index (κ3) is 4.01. The highest BCUT2D eigenvalue weighted by Crippen LogP contribution is 2.34. The summed E-state index contributed by atoms with van der Waals surface area (Å²) in [7, 11) is -3.59. The normalized spacial score (nSPS) is 15.3. The smallest absolute Gasteiger partial charge is 0.325 e. The molecule has 2 aliphatic heterocycles. The Morgan fingerprint density at radius 1 is 1.09 bits per heavy atom. The van der Waals surface area contributed by atoms with Crippen LogP contribution in [0, 0.1) is 6.92 Å². The predicted molar refractivity (Wildman–Crippen MR) is 120 cm³/mol. The molecule has 9 nitrogen and oxygen atoms in total. The molecule has 0 bridgehead atoms. The maximum atomic E-state index is 13.0. The second kappa shape index (κ2) is 8.08. The maximum absolute atomic E-state index is 13.0. The summed E-state index contributed by atoms with van der Waals surface area (Å²) in [6, 6.07) is 11.5. The van der Waals surface area contributed by atoms with Crippen LogP contribution in [0.5, 0.6) is 11.5 Å². The van der Waals surface area contributed by atoms with Crippen molar-refractivity contribution < 1.29 is 22.7 Å². The van der Waals surface area contributed by atoms with Crippen molar-refractivity contribution in [3.63, 3.8) is 0 Å². The maximum Gasteiger partial charge on any atom is 0.325 e. The zero-order chi connectivity index (χ0) is 22.3. The Bertz CT molecular complexity index is 1290. The molecule has 0 atom stereocenters. The number of hydrogen-bond donors (Lipinski definition) is 2. The second-order valence-corrected chi connectivity index (χ2v) is 10.5. The number of sulfonamides is 1. The number of aromatic nitrogens is 1. The summed E-state index contributed by atoms with van der Waals surface area (Å²) in [5.41, 5.74) is 2.37. The van der Waals surface area contributed by atoms with Crippen LogP contribution in [-0.4, -0.2) is 37.1 Å².